The number of benzene rings is 2. The predicted molar refractivity (Wildman–Crippen MR) is 127 cm³/mol. The van der Waals surface area contributed by atoms with E-state index in [9.17, 15) is 0 Å². The SMILES string of the molecule is CC(C)C1=Cc2c(ccc3ccccc23)[CH]1[Zr+2].CC1=C2c3ccsc3C1[Si]2(C)C.[Cl-].[Cl-]. The van der Waals surface area contributed by atoms with E-state index >= 15 is 0 Å². The van der Waals surface area contributed by atoms with Gasteiger partial charge in [0.05, 0.1) is 8.07 Å². The molecule has 5 heteroatoms. The van der Waals surface area contributed by atoms with Gasteiger partial charge in [-0.15, -0.1) is 11.3 Å². The van der Waals surface area contributed by atoms with Crippen LogP contribution >= 0.6 is 11.3 Å². The summed E-state index contributed by atoms with van der Waals surface area (Å²) in [5.74, 6) is 0.658. The molecule has 0 nitrogen and oxygen atoms in total. The Morgan fingerprint density at radius 3 is 2.35 bits per heavy atom. The zero-order valence-electron chi connectivity index (χ0n) is 18.6. The van der Waals surface area contributed by atoms with Crippen molar-refractivity contribution < 1.29 is 49.5 Å². The molecule has 0 saturated carbocycles. The van der Waals surface area contributed by atoms with Crippen molar-refractivity contribution in [3.8, 4) is 0 Å². The minimum atomic E-state index is -0.972. The first-order valence-electron chi connectivity index (χ1n) is 10.6. The third kappa shape index (κ3) is 3.73. The molecule has 2 aliphatic carbocycles. The third-order valence-electron chi connectivity index (χ3n) is 7.05. The van der Waals surface area contributed by atoms with Gasteiger partial charge in [-0.05, 0) is 23.9 Å². The van der Waals surface area contributed by atoms with Crippen molar-refractivity contribution in [1.29, 1.82) is 0 Å². The van der Waals surface area contributed by atoms with Gasteiger partial charge in [0.2, 0.25) is 0 Å². The second-order valence-corrected chi connectivity index (χ2v) is 16.3. The van der Waals surface area contributed by atoms with Gasteiger partial charge < -0.3 is 24.8 Å². The summed E-state index contributed by atoms with van der Waals surface area (Å²) in [6.45, 7) is 11.9. The van der Waals surface area contributed by atoms with Crippen molar-refractivity contribution in [2.45, 2.75) is 43.0 Å². The fraction of sp³-hybridized carbons (Fsp3) is 0.308. The first kappa shape index (κ1) is 25.2. The summed E-state index contributed by atoms with van der Waals surface area (Å²) in [6, 6.07) is 15.6. The van der Waals surface area contributed by atoms with Gasteiger partial charge in [-0.25, -0.2) is 0 Å². The number of fused-ring (bicyclic) bond motifs is 3. The maximum atomic E-state index is 2.51. The van der Waals surface area contributed by atoms with Crippen molar-refractivity contribution in [2.75, 3.05) is 0 Å². The maximum absolute atomic E-state index is 2.51. The molecule has 0 spiro atoms. The Kier molecular flexibility index (Phi) is 7.37. The molecule has 0 saturated heterocycles. The quantitative estimate of drug-likeness (QED) is 0.399. The molecule has 159 valence electrons. The van der Waals surface area contributed by atoms with E-state index in [4.69, 9.17) is 0 Å². The fourth-order valence-electron chi connectivity index (χ4n) is 5.75. The minimum Gasteiger partial charge on any atom is -1.00 e. The fourth-order valence-corrected chi connectivity index (χ4v) is 13.7. The van der Waals surface area contributed by atoms with Gasteiger partial charge in [0.25, 0.3) is 0 Å². The molecule has 4 aliphatic rings. The zero-order valence-corrected chi connectivity index (χ0v) is 24.4. The molecule has 2 atom stereocenters. The molecule has 7 rings (SSSR count). The van der Waals surface area contributed by atoms with Crippen LogP contribution in [0.5, 0.6) is 0 Å². The van der Waals surface area contributed by atoms with Crippen LogP contribution in [0.3, 0.4) is 0 Å². The molecular weight excluding hydrogens is 535 g/mol. The van der Waals surface area contributed by atoms with Crippen LogP contribution in [0.4, 0.5) is 0 Å². The van der Waals surface area contributed by atoms with Crippen LogP contribution in [0.1, 0.15) is 51.5 Å². The summed E-state index contributed by atoms with van der Waals surface area (Å²) < 4.78 is 0.668. The van der Waals surface area contributed by atoms with Crippen LogP contribution < -0.4 is 24.8 Å². The monoisotopic (exact) mass is 559 g/mol. The van der Waals surface area contributed by atoms with Crippen molar-refractivity contribution in [2.24, 2.45) is 5.92 Å². The summed E-state index contributed by atoms with van der Waals surface area (Å²) in [7, 11) is -0.972. The van der Waals surface area contributed by atoms with Crippen molar-refractivity contribution in [3.63, 3.8) is 0 Å². The van der Waals surface area contributed by atoms with E-state index in [2.05, 4.69) is 87.8 Å². The molecule has 0 amide bonds. The average Bonchev–Trinajstić information content (AvgIpc) is 3.38. The number of hydrogen-bond donors (Lipinski definition) is 0. The number of hydrogen-bond acceptors (Lipinski definition) is 1. The van der Waals surface area contributed by atoms with Gasteiger partial charge in [0, 0.05) is 10.4 Å². The predicted octanol–water partition coefficient (Wildman–Crippen LogP) is 1.91. The van der Waals surface area contributed by atoms with Crippen LogP contribution in [0.25, 0.3) is 22.0 Å². The molecule has 0 N–H and O–H groups in total. The summed E-state index contributed by atoms with van der Waals surface area (Å²) in [5.41, 5.74) is 8.80. The zero-order chi connectivity index (χ0) is 20.5. The Balaban J connectivity index is 0.000000173. The molecule has 0 radical (unpaired) electrons. The van der Waals surface area contributed by atoms with Crippen molar-refractivity contribution in [1.82, 2.24) is 0 Å². The van der Waals surface area contributed by atoms with E-state index in [0.717, 1.165) is 5.54 Å². The number of thiophene rings is 1. The number of allylic oxidation sites excluding steroid dienone is 2. The van der Waals surface area contributed by atoms with Crippen molar-refractivity contribution in [3.05, 3.63) is 80.6 Å². The largest absolute Gasteiger partial charge is 1.00 e. The van der Waals surface area contributed by atoms with Gasteiger partial charge in [-0.1, -0.05) is 23.9 Å². The van der Waals surface area contributed by atoms with Crippen LogP contribution in [-0.2, 0) is 24.7 Å². The Morgan fingerprint density at radius 1 is 1.00 bits per heavy atom. The molecule has 2 aromatic carbocycles. The van der Waals surface area contributed by atoms with Gasteiger partial charge >= 0.3 is 118 Å². The van der Waals surface area contributed by atoms with Crippen LogP contribution in [-0.4, -0.2) is 8.07 Å². The van der Waals surface area contributed by atoms with Crippen molar-refractivity contribution >= 4 is 41.5 Å². The second-order valence-electron chi connectivity index (χ2n) is 9.43. The third-order valence-corrected chi connectivity index (χ3v) is 13.9. The van der Waals surface area contributed by atoms with Gasteiger partial charge in [0.1, 0.15) is 0 Å². The second kappa shape index (κ2) is 9.07. The minimum absolute atomic E-state index is 0. The Hall–Kier alpha value is -0.440. The number of rotatable bonds is 1. The van der Waals surface area contributed by atoms with Crippen LogP contribution in [0.2, 0.25) is 13.1 Å². The Bertz CT molecular complexity index is 1210. The van der Waals surface area contributed by atoms with E-state index in [-0.39, 0.29) is 24.8 Å². The van der Waals surface area contributed by atoms with E-state index in [0.29, 0.717) is 9.54 Å². The van der Waals surface area contributed by atoms with Gasteiger partial charge in [-0.2, -0.15) is 0 Å². The van der Waals surface area contributed by atoms with Crippen LogP contribution in [0, 0.1) is 5.92 Å². The van der Waals surface area contributed by atoms with Crippen LogP contribution in [0.15, 0.2) is 59.0 Å². The first-order valence-corrected chi connectivity index (χ1v) is 15.9. The van der Waals surface area contributed by atoms with E-state index in [1.807, 2.05) is 11.3 Å². The first-order chi connectivity index (χ1) is 13.8. The summed E-state index contributed by atoms with van der Waals surface area (Å²) >= 11 is 3.57. The number of halogens is 2. The van der Waals surface area contributed by atoms with E-state index in [1.165, 1.54) is 21.9 Å². The standard InChI is InChI=1S/C16H15.C10H12SSi.2ClH.Zr/c1-11(2)14-9-13-8-7-12-5-3-4-6-15(12)16(13)10-14;1-6-9-7-4-5-11-8(7)10(6)12(9,2)3;;;/h3-11H,1-2H3;4-5,10H,1-3H3;2*1H;/q;;;;+2/p-2. The molecule has 0 fully saturated rings. The summed E-state index contributed by atoms with van der Waals surface area (Å²) in [5, 5.41) is 6.78. The summed E-state index contributed by atoms with van der Waals surface area (Å²) in [4.78, 5) is 1.68. The normalized spacial score (nSPS) is 21.4. The molecule has 3 heterocycles. The topological polar surface area (TPSA) is 0 Å². The molecule has 2 bridgehead atoms. The molecule has 2 unspecified atom stereocenters. The maximum Gasteiger partial charge on any atom is 0.0941 e. The molecular formula is C26H27Cl2SSiZr. The van der Waals surface area contributed by atoms with Gasteiger partial charge in [-0.3, -0.25) is 0 Å². The molecule has 31 heavy (non-hydrogen) atoms. The summed E-state index contributed by atoms with van der Waals surface area (Å²) in [6.07, 6.45) is 2.43. The molecule has 3 aromatic rings. The van der Waals surface area contributed by atoms with E-state index < -0.39 is 8.07 Å². The van der Waals surface area contributed by atoms with Gasteiger partial charge in [0.15, 0.2) is 0 Å². The Labute approximate surface area is 218 Å². The van der Waals surface area contributed by atoms with E-state index in [1.54, 1.807) is 51.5 Å². The average molecular weight is 562 g/mol. The molecule has 2 aliphatic heterocycles. The molecule has 1 aromatic heterocycles. The smallest absolute Gasteiger partial charge is 0.0941 e. The Morgan fingerprint density at radius 2 is 1.71 bits per heavy atom.